The van der Waals surface area contributed by atoms with Gasteiger partial charge in [-0.25, -0.2) is 14.4 Å². The van der Waals surface area contributed by atoms with Gasteiger partial charge in [0.1, 0.15) is 16.8 Å². The van der Waals surface area contributed by atoms with Crippen LogP contribution in [-0.4, -0.2) is 23.6 Å². The van der Waals surface area contributed by atoms with Gasteiger partial charge in [0, 0.05) is 18.4 Å². The minimum atomic E-state index is -0.332. The Labute approximate surface area is 97.7 Å². The summed E-state index contributed by atoms with van der Waals surface area (Å²) in [5.74, 6) is 0.333. The van der Waals surface area contributed by atoms with E-state index in [1.165, 1.54) is 12.1 Å². The molecule has 0 aliphatic rings. The largest absolute Gasteiger partial charge is 0.319 e. The van der Waals surface area contributed by atoms with E-state index in [4.69, 9.17) is 11.6 Å². The monoisotopic (exact) mass is 239 g/mol. The van der Waals surface area contributed by atoms with Crippen molar-refractivity contribution in [1.82, 2.24) is 15.3 Å². The topological polar surface area (TPSA) is 37.8 Å². The highest BCUT2D eigenvalue weighted by atomic mass is 35.5. The van der Waals surface area contributed by atoms with Crippen LogP contribution in [0.3, 0.4) is 0 Å². The Balaban J connectivity index is 2.46. The number of hydrogen-bond acceptors (Lipinski definition) is 3. The number of nitrogens with zero attached hydrogens (tertiary/aromatic N) is 2. The molecule has 0 saturated carbocycles. The number of benzene rings is 1. The average Bonchev–Trinajstić information content (AvgIpc) is 2.27. The first kappa shape index (κ1) is 11.2. The highest BCUT2D eigenvalue weighted by molar-refractivity contribution is 6.34. The second-order valence-electron chi connectivity index (χ2n) is 3.45. The fraction of sp³-hybridized carbons (Fsp3) is 0.273. The van der Waals surface area contributed by atoms with Gasteiger partial charge in [-0.05, 0) is 25.2 Å². The normalized spacial score (nSPS) is 10.9. The van der Waals surface area contributed by atoms with Crippen LogP contribution in [0.15, 0.2) is 18.2 Å². The highest BCUT2D eigenvalue weighted by Gasteiger charge is 2.06. The molecule has 0 aliphatic heterocycles. The summed E-state index contributed by atoms with van der Waals surface area (Å²) in [6.45, 7) is 0.781. The van der Waals surface area contributed by atoms with Crippen molar-refractivity contribution < 1.29 is 4.39 Å². The summed E-state index contributed by atoms with van der Waals surface area (Å²) >= 11 is 5.97. The van der Waals surface area contributed by atoms with Crippen molar-refractivity contribution in [3.8, 4) is 0 Å². The summed E-state index contributed by atoms with van der Waals surface area (Å²) < 4.78 is 13.0. The molecule has 84 valence electrons. The van der Waals surface area contributed by atoms with Gasteiger partial charge in [0.05, 0.1) is 5.52 Å². The maximum atomic E-state index is 13.0. The molecule has 0 spiro atoms. The Bertz CT molecular complexity index is 516. The summed E-state index contributed by atoms with van der Waals surface area (Å²) in [6.07, 6.45) is 0.698. The Kier molecular flexibility index (Phi) is 3.31. The molecule has 0 saturated heterocycles. The predicted molar refractivity (Wildman–Crippen MR) is 62.1 cm³/mol. The molecule has 0 amide bonds. The fourth-order valence-electron chi connectivity index (χ4n) is 1.46. The lowest BCUT2D eigenvalue weighted by Crippen LogP contribution is -2.12. The molecule has 16 heavy (non-hydrogen) atoms. The Hall–Kier alpha value is -1.26. The van der Waals surface area contributed by atoms with Crippen LogP contribution >= 0.6 is 11.6 Å². The Morgan fingerprint density at radius 2 is 2.19 bits per heavy atom. The number of halogens is 2. The van der Waals surface area contributed by atoms with Gasteiger partial charge in [-0.3, -0.25) is 0 Å². The lowest BCUT2D eigenvalue weighted by atomic mass is 10.2. The molecule has 0 unspecified atom stereocenters. The van der Waals surface area contributed by atoms with Gasteiger partial charge in [0.25, 0.3) is 0 Å². The van der Waals surface area contributed by atoms with Gasteiger partial charge in [-0.1, -0.05) is 11.6 Å². The standard InChI is InChI=1S/C11H11ClFN3/c1-14-5-4-10-15-9-3-2-7(13)6-8(9)11(12)16-10/h2-3,6,14H,4-5H2,1H3. The van der Waals surface area contributed by atoms with Gasteiger partial charge in [-0.15, -0.1) is 0 Å². The SMILES string of the molecule is CNCCc1nc(Cl)c2cc(F)ccc2n1. The van der Waals surface area contributed by atoms with Crippen molar-refractivity contribution in [3.05, 3.63) is 35.0 Å². The molecule has 1 aromatic carbocycles. The van der Waals surface area contributed by atoms with E-state index in [1.54, 1.807) is 6.07 Å². The number of aromatic nitrogens is 2. The number of nitrogens with one attached hydrogen (secondary N) is 1. The van der Waals surface area contributed by atoms with Crippen LogP contribution in [0.2, 0.25) is 5.15 Å². The first-order valence-corrected chi connectivity index (χ1v) is 5.35. The molecule has 0 fully saturated rings. The molecule has 0 radical (unpaired) electrons. The van der Waals surface area contributed by atoms with Crippen LogP contribution in [0.5, 0.6) is 0 Å². The van der Waals surface area contributed by atoms with Crippen LogP contribution in [0.25, 0.3) is 10.9 Å². The van der Waals surface area contributed by atoms with Gasteiger partial charge in [0.2, 0.25) is 0 Å². The Morgan fingerprint density at radius 3 is 2.94 bits per heavy atom. The van der Waals surface area contributed by atoms with Crippen molar-refractivity contribution in [3.63, 3.8) is 0 Å². The number of fused-ring (bicyclic) bond motifs is 1. The van der Waals surface area contributed by atoms with E-state index in [-0.39, 0.29) is 5.82 Å². The molecule has 1 N–H and O–H groups in total. The van der Waals surface area contributed by atoms with Gasteiger partial charge in [-0.2, -0.15) is 0 Å². The van der Waals surface area contributed by atoms with Crippen molar-refractivity contribution in [2.45, 2.75) is 6.42 Å². The van der Waals surface area contributed by atoms with Crippen LogP contribution in [0.1, 0.15) is 5.82 Å². The van der Waals surface area contributed by atoms with E-state index < -0.39 is 0 Å². The maximum Gasteiger partial charge on any atom is 0.140 e. The van der Waals surface area contributed by atoms with Crippen molar-refractivity contribution in [2.75, 3.05) is 13.6 Å². The van der Waals surface area contributed by atoms with E-state index in [2.05, 4.69) is 15.3 Å². The minimum Gasteiger partial charge on any atom is -0.319 e. The fourth-order valence-corrected chi connectivity index (χ4v) is 1.71. The minimum absolute atomic E-state index is 0.301. The van der Waals surface area contributed by atoms with Gasteiger partial charge >= 0.3 is 0 Å². The van der Waals surface area contributed by atoms with Gasteiger partial charge in [0.15, 0.2) is 0 Å². The third kappa shape index (κ3) is 2.28. The van der Waals surface area contributed by atoms with Crippen LogP contribution in [-0.2, 0) is 6.42 Å². The molecule has 2 rings (SSSR count). The van der Waals surface area contributed by atoms with E-state index in [9.17, 15) is 4.39 Å². The van der Waals surface area contributed by atoms with Crippen molar-refractivity contribution in [2.24, 2.45) is 0 Å². The highest BCUT2D eigenvalue weighted by Crippen LogP contribution is 2.21. The molecule has 2 aromatic rings. The first-order valence-electron chi connectivity index (χ1n) is 4.97. The zero-order chi connectivity index (χ0) is 11.5. The van der Waals surface area contributed by atoms with Crippen LogP contribution in [0, 0.1) is 5.82 Å². The molecule has 0 atom stereocenters. The predicted octanol–water partition coefficient (Wildman–Crippen LogP) is 2.18. The zero-order valence-corrected chi connectivity index (χ0v) is 9.55. The molecule has 1 heterocycles. The molecule has 1 aromatic heterocycles. The maximum absolute atomic E-state index is 13.0. The number of rotatable bonds is 3. The summed E-state index contributed by atoms with van der Waals surface area (Å²) in [6, 6.07) is 4.33. The van der Waals surface area contributed by atoms with E-state index in [0.717, 1.165) is 6.54 Å². The summed E-state index contributed by atoms with van der Waals surface area (Å²) in [4.78, 5) is 8.44. The number of likely N-dealkylation sites (N-methyl/N-ethyl adjacent to an activating group) is 1. The number of hydrogen-bond donors (Lipinski definition) is 1. The lowest BCUT2D eigenvalue weighted by Gasteiger charge is -2.04. The van der Waals surface area contributed by atoms with Crippen molar-refractivity contribution in [1.29, 1.82) is 0 Å². The van der Waals surface area contributed by atoms with E-state index >= 15 is 0 Å². The third-order valence-electron chi connectivity index (χ3n) is 2.26. The molecular weight excluding hydrogens is 229 g/mol. The van der Waals surface area contributed by atoms with E-state index in [0.29, 0.717) is 28.3 Å². The molecular formula is C11H11ClFN3. The van der Waals surface area contributed by atoms with Crippen LogP contribution < -0.4 is 5.32 Å². The van der Waals surface area contributed by atoms with Gasteiger partial charge < -0.3 is 5.32 Å². The summed E-state index contributed by atoms with van der Waals surface area (Å²) in [5, 5.41) is 3.86. The molecule has 0 bridgehead atoms. The molecule has 0 aliphatic carbocycles. The quantitative estimate of drug-likeness (QED) is 0.835. The first-order chi connectivity index (χ1) is 7.70. The summed E-state index contributed by atoms with van der Waals surface area (Å²) in [5.41, 5.74) is 0.674. The second kappa shape index (κ2) is 4.72. The zero-order valence-electron chi connectivity index (χ0n) is 8.80. The van der Waals surface area contributed by atoms with E-state index in [1.807, 2.05) is 7.05 Å². The van der Waals surface area contributed by atoms with Crippen LogP contribution in [0.4, 0.5) is 4.39 Å². The second-order valence-corrected chi connectivity index (χ2v) is 3.80. The Morgan fingerprint density at radius 1 is 1.38 bits per heavy atom. The molecule has 5 heteroatoms. The third-order valence-corrected chi connectivity index (χ3v) is 2.54. The average molecular weight is 240 g/mol. The van der Waals surface area contributed by atoms with Crippen molar-refractivity contribution >= 4 is 22.5 Å². The lowest BCUT2D eigenvalue weighted by molar-refractivity contribution is 0.629. The summed E-state index contributed by atoms with van der Waals surface area (Å²) in [7, 11) is 1.86. The molecule has 3 nitrogen and oxygen atoms in total. The smallest absolute Gasteiger partial charge is 0.140 e.